The first-order chi connectivity index (χ1) is 10.7. The fourth-order valence-corrected chi connectivity index (χ4v) is 1.59. The van der Waals surface area contributed by atoms with Gasteiger partial charge in [-0.15, -0.1) is 0 Å². The molecule has 0 aliphatic carbocycles. The summed E-state index contributed by atoms with van der Waals surface area (Å²) >= 11 is 0. The van der Waals surface area contributed by atoms with Crippen molar-refractivity contribution in [3.8, 4) is 17.3 Å². The van der Waals surface area contributed by atoms with Crippen LogP contribution in [0.1, 0.15) is 5.56 Å². The number of anilines is 1. The average molecular weight is 330 g/mol. The summed E-state index contributed by atoms with van der Waals surface area (Å²) in [6.45, 7) is 0. The van der Waals surface area contributed by atoms with E-state index in [0.29, 0.717) is 0 Å². The Hall–Kier alpha value is -3.24. The molecule has 0 atom stereocenters. The molecule has 2 aromatic rings. The molecule has 122 valence electrons. The van der Waals surface area contributed by atoms with E-state index in [9.17, 15) is 22.8 Å². The van der Waals surface area contributed by atoms with E-state index in [1.807, 2.05) is 5.32 Å². The van der Waals surface area contributed by atoms with Gasteiger partial charge in [0.15, 0.2) is 0 Å². The number of nitrogens with two attached hydrogens (primary N) is 2. The Morgan fingerprint density at radius 2 is 1.78 bits per heavy atom. The summed E-state index contributed by atoms with van der Waals surface area (Å²) in [5.41, 5.74) is 9.01. The number of alkyl halides is 3. The molecule has 11 heteroatoms. The van der Waals surface area contributed by atoms with Crippen LogP contribution in [0, 0.1) is 0 Å². The summed E-state index contributed by atoms with van der Waals surface area (Å²) in [4.78, 5) is 25.3. The van der Waals surface area contributed by atoms with Crippen LogP contribution in [0.15, 0.2) is 28.7 Å². The Morgan fingerprint density at radius 1 is 1.17 bits per heavy atom. The van der Waals surface area contributed by atoms with E-state index in [1.165, 1.54) is 0 Å². The molecule has 0 saturated heterocycles. The molecule has 3 amide bonds. The van der Waals surface area contributed by atoms with Crippen molar-refractivity contribution in [1.82, 2.24) is 4.98 Å². The molecule has 0 unspecified atom stereocenters. The highest BCUT2D eigenvalue weighted by atomic mass is 19.4. The minimum Gasteiger partial charge on any atom is -0.416 e. The van der Waals surface area contributed by atoms with Crippen LogP contribution in [-0.4, -0.2) is 17.1 Å². The Morgan fingerprint density at radius 3 is 2.26 bits per heavy atom. The van der Waals surface area contributed by atoms with E-state index in [1.54, 1.807) is 0 Å². The monoisotopic (exact) mass is 330 g/mol. The lowest BCUT2D eigenvalue weighted by atomic mass is 10.1. The second kappa shape index (κ2) is 5.87. The molecule has 0 saturated carbocycles. The van der Waals surface area contributed by atoms with E-state index in [4.69, 9.17) is 15.9 Å². The number of benzene rings is 1. The van der Waals surface area contributed by atoms with Crippen molar-refractivity contribution < 1.29 is 31.9 Å². The molecular formula is C12H9F3N4O4. The molecule has 0 bridgehead atoms. The third-order valence-electron chi connectivity index (χ3n) is 2.49. The lowest BCUT2D eigenvalue weighted by molar-refractivity contribution is -0.137. The first kappa shape index (κ1) is 16.1. The summed E-state index contributed by atoms with van der Waals surface area (Å²) in [6.07, 6.45) is -5.72. The maximum absolute atomic E-state index is 12.5. The quantitative estimate of drug-likeness (QED) is 0.794. The molecule has 23 heavy (non-hydrogen) atoms. The molecule has 0 fully saturated rings. The van der Waals surface area contributed by atoms with E-state index in [-0.39, 0.29) is 11.5 Å². The van der Waals surface area contributed by atoms with Gasteiger partial charge < -0.3 is 20.6 Å². The van der Waals surface area contributed by atoms with Gasteiger partial charge in [-0.1, -0.05) is 0 Å². The highest BCUT2D eigenvalue weighted by Gasteiger charge is 2.30. The Balaban J connectivity index is 2.37. The first-order valence-electron chi connectivity index (χ1n) is 5.89. The van der Waals surface area contributed by atoms with Crippen LogP contribution < -0.4 is 21.5 Å². The van der Waals surface area contributed by atoms with Crippen molar-refractivity contribution in [2.75, 3.05) is 5.32 Å². The Labute approximate surface area is 126 Å². The van der Waals surface area contributed by atoms with Crippen LogP contribution in [0.2, 0.25) is 0 Å². The lowest BCUT2D eigenvalue weighted by Gasteiger charge is -2.05. The van der Waals surface area contributed by atoms with Crippen LogP contribution in [-0.2, 0) is 6.18 Å². The van der Waals surface area contributed by atoms with E-state index >= 15 is 0 Å². The number of nitrogens with one attached hydrogen (secondary N) is 1. The largest absolute Gasteiger partial charge is 0.416 e. The standard InChI is InChI=1S/C12H9F3N4O4/c13-12(14,15)6-3-1-5(2-4-6)7-18-8(23-11(17)21)9(22-7)19-10(16)20/h1-4H,(H2,17,21)(H3,16,19,20). The van der Waals surface area contributed by atoms with Crippen LogP contribution in [0.4, 0.5) is 28.6 Å². The number of aromatic nitrogens is 1. The summed E-state index contributed by atoms with van der Waals surface area (Å²) in [5, 5.41) is 2.00. The van der Waals surface area contributed by atoms with Gasteiger partial charge in [0.25, 0.3) is 11.8 Å². The smallest absolute Gasteiger partial charge is 0.416 e. The number of hydrogen-bond donors (Lipinski definition) is 3. The van der Waals surface area contributed by atoms with Gasteiger partial charge in [0, 0.05) is 5.56 Å². The summed E-state index contributed by atoms with van der Waals surface area (Å²) in [7, 11) is 0. The highest BCUT2D eigenvalue weighted by molar-refractivity contribution is 5.88. The molecule has 1 heterocycles. The third kappa shape index (κ3) is 3.90. The van der Waals surface area contributed by atoms with Crippen molar-refractivity contribution in [2.24, 2.45) is 11.5 Å². The van der Waals surface area contributed by atoms with Gasteiger partial charge in [-0.3, -0.25) is 5.32 Å². The van der Waals surface area contributed by atoms with E-state index < -0.39 is 35.6 Å². The molecule has 1 aromatic heterocycles. The van der Waals surface area contributed by atoms with Gasteiger partial charge in [-0.05, 0) is 24.3 Å². The SMILES string of the molecule is NC(=O)Nc1oc(-c2ccc(C(F)(F)F)cc2)nc1OC(N)=O. The fourth-order valence-electron chi connectivity index (χ4n) is 1.59. The molecule has 2 rings (SSSR count). The van der Waals surface area contributed by atoms with Crippen LogP contribution in [0.25, 0.3) is 11.5 Å². The zero-order valence-electron chi connectivity index (χ0n) is 11.2. The van der Waals surface area contributed by atoms with Gasteiger partial charge in [0.05, 0.1) is 5.56 Å². The molecule has 5 N–H and O–H groups in total. The molecule has 0 aliphatic heterocycles. The van der Waals surface area contributed by atoms with Crippen molar-refractivity contribution >= 4 is 18.0 Å². The average Bonchev–Trinajstić information content (AvgIpc) is 2.79. The molecule has 0 aliphatic rings. The zero-order chi connectivity index (χ0) is 17.2. The van der Waals surface area contributed by atoms with E-state index in [2.05, 4.69) is 9.72 Å². The number of halogens is 3. The number of urea groups is 1. The zero-order valence-corrected chi connectivity index (χ0v) is 11.2. The summed E-state index contributed by atoms with van der Waals surface area (Å²) in [6, 6.07) is 2.78. The number of hydrogen-bond acceptors (Lipinski definition) is 5. The summed E-state index contributed by atoms with van der Waals surface area (Å²) < 4.78 is 47.1. The predicted octanol–water partition coefficient (Wildman–Crippen LogP) is 2.31. The number of oxazole rings is 1. The van der Waals surface area contributed by atoms with Gasteiger partial charge in [0.2, 0.25) is 5.89 Å². The van der Waals surface area contributed by atoms with Gasteiger partial charge in [-0.25, -0.2) is 9.59 Å². The normalized spacial score (nSPS) is 11.1. The first-order valence-corrected chi connectivity index (χ1v) is 5.89. The number of primary amides is 2. The number of carbonyl (C=O) groups excluding carboxylic acids is 2. The Bertz CT molecular complexity index is 706. The lowest BCUT2D eigenvalue weighted by Crippen LogP contribution is -2.21. The van der Waals surface area contributed by atoms with Gasteiger partial charge in [0.1, 0.15) is 0 Å². The number of carbonyl (C=O) groups is 2. The number of ether oxygens (including phenoxy) is 1. The highest BCUT2D eigenvalue weighted by Crippen LogP contribution is 2.33. The minimum atomic E-state index is -4.49. The Kier molecular flexibility index (Phi) is 4.12. The van der Waals surface area contributed by atoms with Gasteiger partial charge >= 0.3 is 18.3 Å². The van der Waals surface area contributed by atoms with E-state index in [0.717, 1.165) is 24.3 Å². The molecule has 0 radical (unpaired) electrons. The maximum Gasteiger partial charge on any atom is 0.416 e. The fraction of sp³-hybridized carbons (Fsp3) is 0.0833. The molecule has 1 aromatic carbocycles. The summed E-state index contributed by atoms with van der Waals surface area (Å²) in [5.74, 6) is -1.10. The molecular weight excluding hydrogens is 321 g/mol. The van der Waals surface area contributed by atoms with Crippen LogP contribution in [0.3, 0.4) is 0 Å². The van der Waals surface area contributed by atoms with Gasteiger partial charge in [-0.2, -0.15) is 18.2 Å². The minimum absolute atomic E-state index is 0.143. The van der Waals surface area contributed by atoms with Crippen molar-refractivity contribution in [2.45, 2.75) is 6.18 Å². The third-order valence-corrected chi connectivity index (χ3v) is 2.49. The van der Waals surface area contributed by atoms with Crippen molar-refractivity contribution in [3.05, 3.63) is 29.8 Å². The second-order valence-electron chi connectivity index (χ2n) is 4.14. The number of amides is 3. The molecule has 0 spiro atoms. The molecule has 8 nitrogen and oxygen atoms in total. The van der Waals surface area contributed by atoms with Crippen molar-refractivity contribution in [3.63, 3.8) is 0 Å². The maximum atomic E-state index is 12.5. The predicted molar refractivity (Wildman–Crippen MR) is 70.4 cm³/mol. The second-order valence-corrected chi connectivity index (χ2v) is 4.14. The van der Waals surface area contributed by atoms with Crippen molar-refractivity contribution in [1.29, 1.82) is 0 Å². The number of nitrogens with zero attached hydrogens (tertiary/aromatic N) is 1. The number of rotatable bonds is 3. The van der Waals surface area contributed by atoms with Crippen LogP contribution >= 0.6 is 0 Å². The topological polar surface area (TPSA) is 133 Å². The van der Waals surface area contributed by atoms with Crippen LogP contribution in [0.5, 0.6) is 5.88 Å².